The summed E-state index contributed by atoms with van der Waals surface area (Å²) in [5, 5.41) is -0.102. The van der Waals surface area contributed by atoms with Crippen LogP contribution in [0.15, 0.2) is 17.6 Å². The van der Waals surface area contributed by atoms with Crippen LogP contribution in [0.2, 0.25) is 0 Å². The maximum absolute atomic E-state index is 11.5. The molecule has 0 unspecified atom stereocenters. The van der Waals surface area contributed by atoms with Gasteiger partial charge in [-0.2, -0.15) is 0 Å². The van der Waals surface area contributed by atoms with Crippen molar-refractivity contribution in [1.82, 2.24) is 19.4 Å². The normalized spacial score (nSPS) is 12.8. The maximum atomic E-state index is 11.5. The minimum atomic E-state index is -3.71. The van der Waals surface area contributed by atoms with Crippen molar-refractivity contribution in [1.29, 1.82) is 0 Å². The molecule has 0 saturated carbocycles. The summed E-state index contributed by atoms with van der Waals surface area (Å²) in [6, 6.07) is 0. The third-order valence-electron chi connectivity index (χ3n) is 1.74. The summed E-state index contributed by atoms with van der Waals surface area (Å²) in [4.78, 5) is 5.97. The van der Waals surface area contributed by atoms with Crippen molar-refractivity contribution in [3.63, 3.8) is 0 Å². The van der Waals surface area contributed by atoms with Crippen LogP contribution in [0, 0.1) is 0 Å². The van der Waals surface area contributed by atoms with Gasteiger partial charge in [-0.25, -0.2) is 31.3 Å². The van der Waals surface area contributed by atoms with E-state index in [0.717, 1.165) is 6.20 Å². The molecule has 0 bridgehead atoms. The minimum Gasteiger partial charge on any atom is -0.335 e. The van der Waals surface area contributed by atoms with Crippen molar-refractivity contribution in [3.8, 4) is 0 Å². The first-order valence-corrected chi connectivity index (χ1v) is 7.40. The number of imidazole rings is 1. The molecule has 0 atom stereocenters. The predicted octanol–water partition coefficient (Wildman–Crippen LogP) is -1.76. The average Bonchev–Trinajstić information content (AvgIpc) is 2.70. The van der Waals surface area contributed by atoms with E-state index >= 15 is 0 Å². The van der Waals surface area contributed by atoms with Gasteiger partial charge >= 0.3 is 0 Å². The molecule has 0 fully saturated rings. The highest BCUT2D eigenvalue weighted by atomic mass is 32.2. The number of rotatable bonds is 6. The average molecular weight is 268 g/mol. The highest BCUT2D eigenvalue weighted by Gasteiger charge is 2.16. The molecule has 1 aromatic rings. The van der Waals surface area contributed by atoms with Crippen molar-refractivity contribution in [2.75, 3.05) is 19.3 Å². The standard InChI is InChI=1S/C6H12N4O4S2/c1-7-15(11,12)3-2-10-16(13,14)6-4-8-5-9-6/h4-5,7,10H,2-3H2,1H3,(H,8,9). The number of aromatic amines is 1. The molecule has 1 heterocycles. The van der Waals surface area contributed by atoms with E-state index in [1.165, 1.54) is 13.4 Å². The Morgan fingerprint density at radius 3 is 2.56 bits per heavy atom. The first-order chi connectivity index (χ1) is 7.37. The topological polar surface area (TPSA) is 121 Å². The molecule has 10 heteroatoms. The molecule has 3 N–H and O–H groups in total. The first-order valence-electron chi connectivity index (χ1n) is 4.27. The van der Waals surface area contributed by atoms with E-state index < -0.39 is 20.0 Å². The number of H-pyrrole nitrogens is 1. The summed E-state index contributed by atoms with van der Waals surface area (Å²) in [5.41, 5.74) is 0. The Morgan fingerprint density at radius 1 is 1.38 bits per heavy atom. The Bertz CT molecular complexity index is 519. The molecule has 0 aliphatic heterocycles. The number of aromatic nitrogens is 2. The molecule has 0 saturated heterocycles. The number of nitrogens with one attached hydrogen (secondary N) is 3. The van der Waals surface area contributed by atoms with Crippen LogP contribution in [-0.2, 0) is 20.0 Å². The van der Waals surface area contributed by atoms with Gasteiger partial charge in [0.05, 0.1) is 18.3 Å². The molecule has 92 valence electrons. The van der Waals surface area contributed by atoms with Crippen LogP contribution in [-0.4, -0.2) is 46.1 Å². The lowest BCUT2D eigenvalue weighted by molar-refractivity contribution is 0.576. The van der Waals surface area contributed by atoms with Crippen molar-refractivity contribution in [2.24, 2.45) is 0 Å². The van der Waals surface area contributed by atoms with Gasteiger partial charge in [-0.3, -0.25) is 0 Å². The van der Waals surface area contributed by atoms with Gasteiger partial charge in [0.2, 0.25) is 10.0 Å². The summed E-state index contributed by atoms with van der Waals surface area (Å²) in [6.07, 6.45) is 2.35. The zero-order valence-corrected chi connectivity index (χ0v) is 10.1. The smallest absolute Gasteiger partial charge is 0.257 e. The van der Waals surface area contributed by atoms with E-state index in [9.17, 15) is 16.8 Å². The van der Waals surface area contributed by atoms with Crippen molar-refractivity contribution in [3.05, 3.63) is 12.5 Å². The van der Waals surface area contributed by atoms with E-state index in [-0.39, 0.29) is 17.3 Å². The van der Waals surface area contributed by atoms with Crippen molar-refractivity contribution >= 4 is 20.0 Å². The number of nitrogens with zero attached hydrogens (tertiary/aromatic N) is 1. The monoisotopic (exact) mass is 268 g/mol. The fourth-order valence-electron chi connectivity index (χ4n) is 0.880. The van der Waals surface area contributed by atoms with E-state index in [2.05, 4.69) is 19.4 Å². The Hall–Kier alpha value is -0.970. The predicted molar refractivity (Wildman–Crippen MR) is 56.6 cm³/mol. The fourth-order valence-corrected chi connectivity index (χ4v) is 2.52. The lowest BCUT2D eigenvalue weighted by Gasteiger charge is -2.04. The maximum Gasteiger partial charge on any atom is 0.257 e. The molecule has 0 aromatic carbocycles. The minimum absolute atomic E-state index is 0.102. The second-order valence-electron chi connectivity index (χ2n) is 2.84. The van der Waals surface area contributed by atoms with Gasteiger partial charge in [0.25, 0.3) is 10.0 Å². The molecule has 0 amide bonds. The molecule has 1 aromatic heterocycles. The molecular weight excluding hydrogens is 256 g/mol. The van der Waals surface area contributed by atoms with Crippen LogP contribution in [0.4, 0.5) is 0 Å². The molecule has 8 nitrogen and oxygen atoms in total. The van der Waals surface area contributed by atoms with E-state index in [1.54, 1.807) is 0 Å². The van der Waals surface area contributed by atoms with Gasteiger partial charge in [0.15, 0.2) is 5.03 Å². The Kier molecular flexibility index (Phi) is 4.02. The summed E-state index contributed by atoms with van der Waals surface area (Å²) in [5.74, 6) is -0.323. The lowest BCUT2D eigenvalue weighted by Crippen LogP contribution is -2.33. The van der Waals surface area contributed by atoms with Gasteiger partial charge in [0.1, 0.15) is 0 Å². The van der Waals surface area contributed by atoms with Crippen molar-refractivity contribution in [2.45, 2.75) is 5.03 Å². The van der Waals surface area contributed by atoms with E-state index in [0.29, 0.717) is 0 Å². The summed E-state index contributed by atoms with van der Waals surface area (Å²) in [6.45, 7) is -0.204. The van der Waals surface area contributed by atoms with Crippen LogP contribution in [0.5, 0.6) is 0 Å². The summed E-state index contributed by atoms with van der Waals surface area (Å²) >= 11 is 0. The highest BCUT2D eigenvalue weighted by molar-refractivity contribution is 7.90. The SMILES string of the molecule is CNS(=O)(=O)CCNS(=O)(=O)c1cnc[nH]1. The Balaban J connectivity index is 2.57. The van der Waals surface area contributed by atoms with E-state index in [1.807, 2.05) is 0 Å². The zero-order valence-electron chi connectivity index (χ0n) is 8.47. The summed E-state index contributed by atoms with van der Waals surface area (Å²) < 4.78 is 49.2. The second kappa shape index (κ2) is 4.91. The van der Waals surface area contributed by atoms with Gasteiger partial charge < -0.3 is 4.98 Å². The molecule has 0 aliphatic rings. The van der Waals surface area contributed by atoms with Gasteiger partial charge in [-0.15, -0.1) is 0 Å². The summed E-state index contributed by atoms with van der Waals surface area (Å²) in [7, 11) is -5.86. The van der Waals surface area contributed by atoms with Crippen molar-refractivity contribution < 1.29 is 16.8 Å². The molecule has 16 heavy (non-hydrogen) atoms. The molecular formula is C6H12N4O4S2. The zero-order chi connectivity index (χ0) is 12.2. The highest BCUT2D eigenvalue weighted by Crippen LogP contribution is 2.00. The Morgan fingerprint density at radius 2 is 2.06 bits per heavy atom. The van der Waals surface area contributed by atoms with Crippen LogP contribution >= 0.6 is 0 Å². The van der Waals surface area contributed by atoms with Gasteiger partial charge in [-0.05, 0) is 7.05 Å². The number of hydrogen-bond donors (Lipinski definition) is 3. The lowest BCUT2D eigenvalue weighted by atomic mass is 10.8. The van der Waals surface area contributed by atoms with Gasteiger partial charge in [0, 0.05) is 6.54 Å². The molecule has 0 radical (unpaired) electrons. The first kappa shape index (κ1) is 13.1. The van der Waals surface area contributed by atoms with Crippen LogP contribution < -0.4 is 9.44 Å². The fraction of sp³-hybridized carbons (Fsp3) is 0.500. The third-order valence-corrected chi connectivity index (χ3v) is 4.49. The molecule has 0 aliphatic carbocycles. The van der Waals surface area contributed by atoms with Crippen LogP contribution in [0.3, 0.4) is 0 Å². The molecule has 1 rings (SSSR count). The number of sulfonamides is 2. The largest absolute Gasteiger partial charge is 0.335 e. The second-order valence-corrected chi connectivity index (χ2v) is 6.62. The van der Waals surface area contributed by atoms with Gasteiger partial charge in [-0.1, -0.05) is 0 Å². The van der Waals surface area contributed by atoms with E-state index in [4.69, 9.17) is 0 Å². The quantitative estimate of drug-likeness (QED) is 0.564. The number of hydrogen-bond acceptors (Lipinski definition) is 5. The van der Waals surface area contributed by atoms with Crippen LogP contribution in [0.1, 0.15) is 0 Å². The molecule has 0 spiro atoms. The third kappa shape index (κ3) is 3.56. The Labute approximate surface area is 93.6 Å². The van der Waals surface area contributed by atoms with Crippen LogP contribution in [0.25, 0.3) is 0 Å².